The molecule has 8 nitrogen and oxygen atoms in total. The molecule has 0 saturated carbocycles. The third-order valence-corrected chi connectivity index (χ3v) is 5.14. The minimum Gasteiger partial charge on any atom is -0.346 e. The molecule has 2 heterocycles. The van der Waals surface area contributed by atoms with Gasteiger partial charge in [0.05, 0.1) is 10.9 Å². The standard InChI is InChI=1S/C23H19F3N6O2/c1-13-6-7-14(21(33)30-16-5-3-4-15(11-16)23(24,25)26)10-18(13)31-22(34)32(2)20-17-8-9-27-19(17)28-12-29-20/h3-12H,1-2H3,(H,30,33)(H,31,34)(H,27,28,29). The SMILES string of the molecule is Cc1ccc(C(=O)Nc2cccc(C(F)(F)F)c2)cc1NC(=O)N(C)c1ncnc2[nH]ccc12. The Hall–Kier alpha value is -4.41. The number of benzene rings is 2. The van der Waals surface area contributed by atoms with Crippen LogP contribution in [0.25, 0.3) is 11.0 Å². The van der Waals surface area contributed by atoms with Gasteiger partial charge in [0.15, 0.2) is 0 Å². The first-order valence-corrected chi connectivity index (χ1v) is 10.1. The lowest BCUT2D eigenvalue weighted by atomic mass is 10.1. The fraction of sp³-hybridized carbons (Fsp3) is 0.130. The molecule has 0 aliphatic rings. The van der Waals surface area contributed by atoms with Crippen LogP contribution < -0.4 is 15.5 Å². The summed E-state index contributed by atoms with van der Waals surface area (Å²) in [5.74, 6) is -0.229. The molecular formula is C23H19F3N6O2. The highest BCUT2D eigenvalue weighted by Crippen LogP contribution is 2.31. The Balaban J connectivity index is 1.52. The zero-order valence-electron chi connectivity index (χ0n) is 18.1. The number of alkyl halides is 3. The summed E-state index contributed by atoms with van der Waals surface area (Å²) < 4.78 is 38.8. The van der Waals surface area contributed by atoms with Gasteiger partial charge in [0, 0.05) is 30.2 Å². The molecule has 0 spiro atoms. The van der Waals surface area contributed by atoms with Crippen LogP contribution in [0.1, 0.15) is 21.5 Å². The van der Waals surface area contributed by atoms with Crippen LogP contribution in [0, 0.1) is 6.92 Å². The van der Waals surface area contributed by atoms with Gasteiger partial charge in [0.25, 0.3) is 5.91 Å². The Morgan fingerprint density at radius 1 is 1.03 bits per heavy atom. The van der Waals surface area contributed by atoms with Crippen molar-refractivity contribution in [3.63, 3.8) is 0 Å². The Morgan fingerprint density at radius 2 is 1.82 bits per heavy atom. The Morgan fingerprint density at radius 3 is 2.59 bits per heavy atom. The molecule has 0 saturated heterocycles. The summed E-state index contributed by atoms with van der Waals surface area (Å²) in [6, 6.07) is 10.2. The zero-order chi connectivity index (χ0) is 24.5. The average molecular weight is 468 g/mol. The number of rotatable bonds is 4. The maximum atomic E-state index is 12.9. The van der Waals surface area contributed by atoms with E-state index in [9.17, 15) is 22.8 Å². The van der Waals surface area contributed by atoms with E-state index in [2.05, 4.69) is 25.6 Å². The van der Waals surface area contributed by atoms with Gasteiger partial charge in [0.1, 0.15) is 17.8 Å². The van der Waals surface area contributed by atoms with Crippen LogP contribution in [0.4, 0.5) is 35.2 Å². The summed E-state index contributed by atoms with van der Waals surface area (Å²) in [7, 11) is 1.55. The van der Waals surface area contributed by atoms with Crippen molar-refractivity contribution in [1.82, 2.24) is 15.0 Å². The topological polar surface area (TPSA) is 103 Å². The first-order valence-electron chi connectivity index (χ1n) is 10.1. The first kappa shape index (κ1) is 22.8. The van der Waals surface area contributed by atoms with Crippen molar-refractivity contribution in [3.8, 4) is 0 Å². The molecule has 2 aromatic heterocycles. The fourth-order valence-electron chi connectivity index (χ4n) is 3.30. The third-order valence-electron chi connectivity index (χ3n) is 5.14. The molecule has 3 N–H and O–H groups in total. The molecule has 0 aliphatic carbocycles. The Labute approximate surface area is 191 Å². The van der Waals surface area contributed by atoms with Gasteiger partial charge in [-0.1, -0.05) is 12.1 Å². The van der Waals surface area contributed by atoms with Gasteiger partial charge in [-0.25, -0.2) is 14.8 Å². The number of aryl methyl sites for hydroxylation is 1. The molecule has 0 radical (unpaired) electrons. The van der Waals surface area contributed by atoms with Crippen LogP contribution in [-0.4, -0.2) is 33.9 Å². The Bertz CT molecular complexity index is 1380. The smallest absolute Gasteiger partial charge is 0.346 e. The van der Waals surface area contributed by atoms with Crippen LogP contribution in [0.5, 0.6) is 0 Å². The number of aromatic nitrogens is 3. The number of nitrogens with zero attached hydrogens (tertiary/aromatic N) is 3. The van der Waals surface area contributed by atoms with E-state index >= 15 is 0 Å². The highest BCUT2D eigenvalue weighted by molar-refractivity contribution is 6.08. The molecular weight excluding hydrogens is 449 g/mol. The molecule has 11 heteroatoms. The van der Waals surface area contributed by atoms with Crippen LogP contribution in [0.3, 0.4) is 0 Å². The minimum atomic E-state index is -4.52. The van der Waals surface area contributed by atoms with Crippen molar-refractivity contribution < 1.29 is 22.8 Å². The number of hydrogen-bond donors (Lipinski definition) is 3. The number of aromatic amines is 1. The zero-order valence-corrected chi connectivity index (χ0v) is 18.1. The predicted octanol–water partition coefficient (Wildman–Crippen LogP) is 5.21. The van der Waals surface area contributed by atoms with E-state index in [-0.39, 0.29) is 11.3 Å². The highest BCUT2D eigenvalue weighted by Gasteiger charge is 2.30. The van der Waals surface area contributed by atoms with E-state index in [0.29, 0.717) is 28.1 Å². The monoisotopic (exact) mass is 468 g/mol. The van der Waals surface area contributed by atoms with Gasteiger partial charge in [-0.2, -0.15) is 13.2 Å². The molecule has 0 aliphatic heterocycles. The Kier molecular flexibility index (Phi) is 5.93. The number of amides is 3. The van der Waals surface area contributed by atoms with Gasteiger partial charge in [-0.15, -0.1) is 0 Å². The van der Waals surface area contributed by atoms with E-state index in [1.54, 1.807) is 32.3 Å². The maximum Gasteiger partial charge on any atom is 0.416 e. The second-order valence-electron chi connectivity index (χ2n) is 7.49. The van der Waals surface area contributed by atoms with Gasteiger partial charge < -0.3 is 15.6 Å². The number of carbonyl (C=O) groups is 2. The first-order chi connectivity index (χ1) is 16.1. The van der Waals surface area contributed by atoms with E-state index in [4.69, 9.17) is 0 Å². The number of hydrogen-bond acceptors (Lipinski definition) is 4. The molecule has 174 valence electrons. The van der Waals surface area contributed by atoms with Crippen LogP contribution in [0.2, 0.25) is 0 Å². The molecule has 34 heavy (non-hydrogen) atoms. The van der Waals surface area contributed by atoms with Crippen molar-refractivity contribution in [2.24, 2.45) is 0 Å². The molecule has 0 bridgehead atoms. The molecule has 2 aromatic carbocycles. The van der Waals surface area contributed by atoms with Crippen molar-refractivity contribution in [1.29, 1.82) is 0 Å². The van der Waals surface area contributed by atoms with Gasteiger partial charge in [-0.3, -0.25) is 9.69 Å². The summed E-state index contributed by atoms with van der Waals surface area (Å²) >= 11 is 0. The molecule has 3 amide bonds. The summed E-state index contributed by atoms with van der Waals surface area (Å²) in [5, 5.41) is 5.85. The van der Waals surface area contributed by atoms with Crippen LogP contribution in [-0.2, 0) is 6.18 Å². The summed E-state index contributed by atoms with van der Waals surface area (Å²) in [6.07, 6.45) is -1.50. The van der Waals surface area contributed by atoms with Crippen molar-refractivity contribution in [2.45, 2.75) is 13.1 Å². The quantitative estimate of drug-likeness (QED) is 0.383. The fourth-order valence-corrected chi connectivity index (χ4v) is 3.30. The summed E-state index contributed by atoms with van der Waals surface area (Å²) in [5.41, 5.74) is 0.932. The van der Waals surface area contributed by atoms with Crippen molar-refractivity contribution in [3.05, 3.63) is 77.7 Å². The van der Waals surface area contributed by atoms with Gasteiger partial charge in [0.2, 0.25) is 0 Å². The van der Waals surface area contributed by atoms with E-state index in [0.717, 1.165) is 12.1 Å². The molecule has 0 unspecified atom stereocenters. The number of urea groups is 1. The van der Waals surface area contributed by atoms with E-state index < -0.39 is 23.7 Å². The number of fused-ring (bicyclic) bond motifs is 1. The lowest BCUT2D eigenvalue weighted by Gasteiger charge is -2.19. The molecule has 4 rings (SSSR count). The normalized spacial score (nSPS) is 11.3. The minimum absolute atomic E-state index is 0.00463. The number of carbonyl (C=O) groups excluding carboxylic acids is 2. The van der Waals surface area contributed by atoms with Crippen LogP contribution >= 0.6 is 0 Å². The number of halogens is 3. The van der Waals surface area contributed by atoms with Gasteiger partial charge in [-0.05, 0) is 48.9 Å². The number of anilines is 3. The second-order valence-corrected chi connectivity index (χ2v) is 7.49. The van der Waals surface area contributed by atoms with Gasteiger partial charge >= 0.3 is 12.2 Å². The number of nitrogens with one attached hydrogen (secondary N) is 3. The molecule has 4 aromatic rings. The largest absolute Gasteiger partial charge is 0.416 e. The summed E-state index contributed by atoms with van der Waals surface area (Å²) in [6.45, 7) is 1.75. The lowest BCUT2D eigenvalue weighted by molar-refractivity contribution is -0.137. The van der Waals surface area contributed by atoms with Crippen LogP contribution in [0.15, 0.2) is 61.1 Å². The van der Waals surface area contributed by atoms with Crippen molar-refractivity contribution in [2.75, 3.05) is 22.6 Å². The van der Waals surface area contributed by atoms with Crippen molar-refractivity contribution >= 4 is 40.2 Å². The van der Waals surface area contributed by atoms with E-state index in [1.807, 2.05) is 0 Å². The molecule has 0 fully saturated rings. The maximum absolute atomic E-state index is 12.9. The average Bonchev–Trinajstić information content (AvgIpc) is 3.28. The highest BCUT2D eigenvalue weighted by atomic mass is 19.4. The second kappa shape index (κ2) is 8.85. The summed E-state index contributed by atoms with van der Waals surface area (Å²) in [4.78, 5) is 38.1. The third kappa shape index (κ3) is 4.68. The number of H-pyrrole nitrogens is 1. The molecule has 0 atom stereocenters. The predicted molar refractivity (Wildman–Crippen MR) is 122 cm³/mol. The van der Waals surface area contributed by atoms with E-state index in [1.165, 1.54) is 35.5 Å². The lowest BCUT2D eigenvalue weighted by Crippen LogP contribution is -2.32.